The Balaban J connectivity index is 2.08. The number of hydrogen-bond donors (Lipinski definition) is 2. The summed E-state index contributed by atoms with van der Waals surface area (Å²) in [5.74, 6) is 1.48. The van der Waals surface area contributed by atoms with Gasteiger partial charge in [0.1, 0.15) is 0 Å². The fraction of sp³-hybridized carbons (Fsp3) is 0.500. The molecule has 20 heavy (non-hydrogen) atoms. The van der Waals surface area contributed by atoms with E-state index in [0.717, 1.165) is 28.0 Å². The molecular formula is C14H19BrN2O3. The van der Waals surface area contributed by atoms with Crippen molar-refractivity contribution in [2.45, 2.75) is 25.9 Å². The van der Waals surface area contributed by atoms with Crippen LogP contribution in [0.3, 0.4) is 0 Å². The van der Waals surface area contributed by atoms with Crippen molar-refractivity contribution in [1.29, 1.82) is 0 Å². The highest BCUT2D eigenvalue weighted by Gasteiger charge is 2.16. The third-order valence-electron chi connectivity index (χ3n) is 3.11. The van der Waals surface area contributed by atoms with E-state index in [1.54, 1.807) is 7.05 Å². The van der Waals surface area contributed by atoms with Gasteiger partial charge in [0.15, 0.2) is 11.5 Å². The van der Waals surface area contributed by atoms with Gasteiger partial charge in [-0.2, -0.15) is 0 Å². The van der Waals surface area contributed by atoms with Gasteiger partial charge in [-0.1, -0.05) is 0 Å². The monoisotopic (exact) mass is 342 g/mol. The molecule has 0 aliphatic carbocycles. The van der Waals surface area contributed by atoms with Gasteiger partial charge in [0.2, 0.25) is 5.91 Å². The van der Waals surface area contributed by atoms with Crippen LogP contribution in [0.5, 0.6) is 11.5 Å². The first kappa shape index (κ1) is 15.1. The Hall–Kier alpha value is -1.27. The van der Waals surface area contributed by atoms with Crippen LogP contribution in [0.1, 0.15) is 18.9 Å². The molecular weight excluding hydrogens is 324 g/mol. The topological polar surface area (TPSA) is 59.6 Å². The van der Waals surface area contributed by atoms with Crippen molar-refractivity contribution in [3.05, 3.63) is 22.2 Å². The lowest BCUT2D eigenvalue weighted by atomic mass is 10.2. The number of likely N-dealkylation sites (N-methyl/N-ethyl adjacent to an activating group) is 1. The highest BCUT2D eigenvalue weighted by Crippen LogP contribution is 2.38. The normalized spacial score (nSPS) is 15.3. The molecule has 0 saturated carbocycles. The highest BCUT2D eigenvalue weighted by atomic mass is 79.9. The van der Waals surface area contributed by atoms with Gasteiger partial charge in [-0.15, -0.1) is 0 Å². The van der Waals surface area contributed by atoms with Crippen LogP contribution in [0.4, 0.5) is 0 Å². The number of carbonyl (C=O) groups excluding carboxylic acids is 1. The number of rotatable bonds is 4. The van der Waals surface area contributed by atoms with Crippen molar-refractivity contribution in [1.82, 2.24) is 10.6 Å². The van der Waals surface area contributed by atoms with E-state index in [4.69, 9.17) is 9.47 Å². The fourth-order valence-corrected chi connectivity index (χ4v) is 2.57. The zero-order valence-corrected chi connectivity index (χ0v) is 13.2. The molecule has 2 rings (SSSR count). The average Bonchev–Trinajstić information content (AvgIpc) is 2.69. The van der Waals surface area contributed by atoms with Gasteiger partial charge in [-0.05, 0) is 40.5 Å². The summed E-state index contributed by atoms with van der Waals surface area (Å²) in [6, 6.07) is 3.70. The Bertz CT molecular complexity index is 494. The first-order valence-corrected chi connectivity index (χ1v) is 7.44. The second-order valence-electron chi connectivity index (χ2n) is 4.67. The number of amides is 1. The van der Waals surface area contributed by atoms with Crippen LogP contribution in [-0.2, 0) is 11.3 Å². The molecule has 6 heteroatoms. The molecule has 0 radical (unpaired) electrons. The lowest BCUT2D eigenvalue weighted by Gasteiger charge is -2.15. The smallest absolute Gasteiger partial charge is 0.236 e. The molecule has 1 heterocycles. The van der Waals surface area contributed by atoms with Crippen LogP contribution < -0.4 is 20.1 Å². The maximum atomic E-state index is 11.5. The molecule has 0 aromatic heterocycles. The molecule has 2 N–H and O–H groups in total. The Morgan fingerprint density at radius 2 is 2.15 bits per heavy atom. The SMILES string of the molecule is CNC(=O)C(C)NCc1cc(Br)c2c(c1)OCCCO2. The average molecular weight is 343 g/mol. The molecule has 0 fully saturated rings. The van der Waals surface area contributed by atoms with E-state index in [9.17, 15) is 4.79 Å². The van der Waals surface area contributed by atoms with Crippen molar-refractivity contribution in [3.63, 3.8) is 0 Å². The molecule has 1 aliphatic rings. The van der Waals surface area contributed by atoms with Crippen molar-refractivity contribution in [2.75, 3.05) is 20.3 Å². The van der Waals surface area contributed by atoms with E-state index >= 15 is 0 Å². The van der Waals surface area contributed by atoms with Gasteiger partial charge in [0.05, 0.1) is 23.7 Å². The van der Waals surface area contributed by atoms with Gasteiger partial charge in [-0.3, -0.25) is 4.79 Å². The van der Waals surface area contributed by atoms with Crippen LogP contribution in [0.15, 0.2) is 16.6 Å². The van der Waals surface area contributed by atoms with E-state index in [0.29, 0.717) is 19.8 Å². The lowest BCUT2D eigenvalue weighted by molar-refractivity contribution is -0.122. The fourth-order valence-electron chi connectivity index (χ4n) is 1.97. The number of hydrogen-bond acceptors (Lipinski definition) is 4. The minimum atomic E-state index is -0.241. The zero-order valence-electron chi connectivity index (χ0n) is 11.7. The largest absolute Gasteiger partial charge is 0.490 e. The molecule has 1 aromatic carbocycles. The third-order valence-corrected chi connectivity index (χ3v) is 3.70. The summed E-state index contributed by atoms with van der Waals surface area (Å²) in [6.07, 6.45) is 0.877. The van der Waals surface area contributed by atoms with Crippen molar-refractivity contribution < 1.29 is 14.3 Å². The van der Waals surface area contributed by atoms with Gasteiger partial charge in [0.25, 0.3) is 0 Å². The van der Waals surface area contributed by atoms with E-state index in [1.165, 1.54) is 0 Å². The van der Waals surface area contributed by atoms with Crippen molar-refractivity contribution in [2.24, 2.45) is 0 Å². The quantitative estimate of drug-likeness (QED) is 0.876. The first-order chi connectivity index (χ1) is 9.61. The Labute approximate surface area is 127 Å². The molecule has 0 bridgehead atoms. The summed E-state index contributed by atoms with van der Waals surface area (Å²) in [5, 5.41) is 5.79. The maximum absolute atomic E-state index is 11.5. The Morgan fingerprint density at radius 1 is 1.40 bits per heavy atom. The summed E-state index contributed by atoms with van der Waals surface area (Å²) in [5.41, 5.74) is 1.04. The van der Waals surface area contributed by atoms with Crippen LogP contribution in [0, 0.1) is 0 Å². The maximum Gasteiger partial charge on any atom is 0.236 e. The van der Waals surface area contributed by atoms with Crippen LogP contribution in [-0.4, -0.2) is 32.2 Å². The second kappa shape index (κ2) is 6.95. The van der Waals surface area contributed by atoms with Crippen molar-refractivity contribution in [3.8, 4) is 11.5 Å². The third kappa shape index (κ3) is 3.64. The molecule has 1 amide bonds. The molecule has 0 spiro atoms. The summed E-state index contributed by atoms with van der Waals surface area (Å²) < 4.78 is 12.2. The number of halogens is 1. The Kier molecular flexibility index (Phi) is 5.25. The summed E-state index contributed by atoms with van der Waals surface area (Å²) in [7, 11) is 1.63. The predicted molar refractivity (Wildman–Crippen MR) is 80.1 cm³/mol. The summed E-state index contributed by atoms with van der Waals surface area (Å²) in [6.45, 7) is 3.74. The summed E-state index contributed by atoms with van der Waals surface area (Å²) >= 11 is 3.51. The molecule has 0 saturated heterocycles. The van der Waals surface area contributed by atoms with E-state index in [1.807, 2.05) is 19.1 Å². The molecule has 1 aliphatic heterocycles. The van der Waals surface area contributed by atoms with Crippen LogP contribution >= 0.6 is 15.9 Å². The first-order valence-electron chi connectivity index (χ1n) is 6.65. The minimum absolute atomic E-state index is 0.0293. The van der Waals surface area contributed by atoms with Crippen molar-refractivity contribution >= 4 is 21.8 Å². The van der Waals surface area contributed by atoms with Gasteiger partial charge < -0.3 is 20.1 Å². The van der Waals surface area contributed by atoms with Crippen LogP contribution in [0.25, 0.3) is 0 Å². The van der Waals surface area contributed by atoms with E-state index in [2.05, 4.69) is 26.6 Å². The molecule has 1 atom stereocenters. The number of carbonyl (C=O) groups is 1. The molecule has 1 unspecified atom stereocenters. The molecule has 110 valence electrons. The van der Waals surface area contributed by atoms with Crippen LogP contribution in [0.2, 0.25) is 0 Å². The van der Waals surface area contributed by atoms with E-state index in [-0.39, 0.29) is 11.9 Å². The summed E-state index contributed by atoms with van der Waals surface area (Å²) in [4.78, 5) is 11.5. The number of nitrogens with one attached hydrogen (secondary N) is 2. The molecule has 1 aromatic rings. The van der Waals surface area contributed by atoms with E-state index < -0.39 is 0 Å². The number of ether oxygens (including phenoxy) is 2. The standard InChI is InChI=1S/C14H19BrN2O3/c1-9(14(18)16-2)17-8-10-6-11(15)13-12(7-10)19-4-3-5-20-13/h6-7,9,17H,3-5,8H2,1-2H3,(H,16,18). The number of fused-ring (bicyclic) bond motifs is 1. The zero-order chi connectivity index (χ0) is 14.5. The minimum Gasteiger partial charge on any atom is -0.490 e. The predicted octanol–water partition coefficient (Wildman–Crippen LogP) is 1.83. The van der Waals surface area contributed by atoms with Gasteiger partial charge >= 0.3 is 0 Å². The molecule has 5 nitrogen and oxygen atoms in total. The van der Waals surface area contributed by atoms with Gasteiger partial charge in [-0.25, -0.2) is 0 Å². The Morgan fingerprint density at radius 3 is 2.90 bits per heavy atom. The van der Waals surface area contributed by atoms with Gasteiger partial charge in [0, 0.05) is 20.0 Å². The highest BCUT2D eigenvalue weighted by molar-refractivity contribution is 9.10. The number of benzene rings is 1. The lowest BCUT2D eigenvalue weighted by Crippen LogP contribution is -2.40. The second-order valence-corrected chi connectivity index (χ2v) is 5.53.